The van der Waals surface area contributed by atoms with Gasteiger partial charge in [0, 0.05) is 16.8 Å². The summed E-state index contributed by atoms with van der Waals surface area (Å²) >= 11 is 6.16. The maximum atomic E-state index is 12.3. The van der Waals surface area contributed by atoms with E-state index in [1.165, 1.54) is 24.3 Å². The van der Waals surface area contributed by atoms with Crippen molar-refractivity contribution in [3.63, 3.8) is 0 Å². The van der Waals surface area contributed by atoms with Crippen LogP contribution in [0.1, 0.15) is 25.5 Å². The maximum absolute atomic E-state index is 12.3. The Balaban J connectivity index is 1.99. The van der Waals surface area contributed by atoms with Crippen LogP contribution < -0.4 is 15.8 Å². The van der Waals surface area contributed by atoms with E-state index in [2.05, 4.69) is 10.6 Å². The van der Waals surface area contributed by atoms with Crippen molar-refractivity contribution in [2.24, 2.45) is 5.14 Å². The van der Waals surface area contributed by atoms with E-state index in [4.69, 9.17) is 16.7 Å². The molecule has 0 saturated carbocycles. The molecule has 1 amide bonds. The maximum Gasteiger partial charge on any atom is 0.241 e. The van der Waals surface area contributed by atoms with E-state index in [-0.39, 0.29) is 16.8 Å². The van der Waals surface area contributed by atoms with Crippen LogP contribution >= 0.6 is 11.6 Å². The molecule has 2 aromatic rings. The molecule has 4 N–H and O–H groups in total. The molecule has 0 aliphatic rings. The summed E-state index contributed by atoms with van der Waals surface area (Å²) in [6, 6.07) is 12.5. The third-order valence-electron chi connectivity index (χ3n) is 3.72. The largest absolute Gasteiger partial charge is 0.325 e. The van der Waals surface area contributed by atoms with Gasteiger partial charge in [0.25, 0.3) is 0 Å². The molecule has 0 aliphatic heterocycles. The molecule has 0 saturated heterocycles. The SMILES string of the molecule is C[C@H](N[C@H](C)c1ccccc1Cl)C(=O)Nc1ccc(S(N)(=O)=O)cc1. The van der Waals surface area contributed by atoms with Crippen LogP contribution in [-0.2, 0) is 14.8 Å². The van der Waals surface area contributed by atoms with Gasteiger partial charge < -0.3 is 5.32 Å². The topological polar surface area (TPSA) is 101 Å². The predicted molar refractivity (Wildman–Crippen MR) is 98.9 cm³/mol. The molecule has 2 rings (SSSR count). The number of primary sulfonamides is 1. The van der Waals surface area contributed by atoms with Gasteiger partial charge in [-0.05, 0) is 49.7 Å². The van der Waals surface area contributed by atoms with Crippen molar-refractivity contribution in [3.05, 3.63) is 59.1 Å². The van der Waals surface area contributed by atoms with Gasteiger partial charge in [0.1, 0.15) is 0 Å². The normalized spacial score (nSPS) is 13.9. The van der Waals surface area contributed by atoms with Crippen molar-refractivity contribution in [3.8, 4) is 0 Å². The summed E-state index contributed by atoms with van der Waals surface area (Å²) in [5.74, 6) is -0.248. The van der Waals surface area contributed by atoms with Gasteiger partial charge in [0.05, 0.1) is 10.9 Å². The second-order valence-corrected chi connectivity index (χ2v) is 7.66. The van der Waals surface area contributed by atoms with Crippen molar-refractivity contribution in [1.82, 2.24) is 5.32 Å². The first kappa shape index (κ1) is 19.4. The van der Waals surface area contributed by atoms with Gasteiger partial charge in [-0.15, -0.1) is 0 Å². The van der Waals surface area contributed by atoms with Crippen molar-refractivity contribution in [1.29, 1.82) is 0 Å². The molecule has 6 nitrogen and oxygen atoms in total. The van der Waals surface area contributed by atoms with E-state index in [9.17, 15) is 13.2 Å². The number of amides is 1. The lowest BCUT2D eigenvalue weighted by molar-refractivity contribution is -0.117. The smallest absolute Gasteiger partial charge is 0.241 e. The Hall–Kier alpha value is -1.93. The Morgan fingerprint density at radius 1 is 1.08 bits per heavy atom. The summed E-state index contributed by atoms with van der Waals surface area (Å²) in [6.07, 6.45) is 0. The number of nitrogens with two attached hydrogens (primary N) is 1. The third-order valence-corrected chi connectivity index (χ3v) is 4.99. The number of halogens is 1. The molecule has 134 valence electrons. The van der Waals surface area contributed by atoms with Crippen molar-refractivity contribution >= 4 is 33.2 Å². The predicted octanol–water partition coefficient (Wildman–Crippen LogP) is 2.67. The second kappa shape index (κ2) is 7.97. The van der Waals surface area contributed by atoms with Gasteiger partial charge in [-0.1, -0.05) is 29.8 Å². The summed E-state index contributed by atoms with van der Waals surface area (Å²) in [5.41, 5.74) is 1.39. The molecule has 25 heavy (non-hydrogen) atoms. The number of benzene rings is 2. The molecule has 0 radical (unpaired) electrons. The summed E-state index contributed by atoms with van der Waals surface area (Å²) in [7, 11) is -3.75. The summed E-state index contributed by atoms with van der Waals surface area (Å²) in [4.78, 5) is 12.3. The van der Waals surface area contributed by atoms with Gasteiger partial charge >= 0.3 is 0 Å². The van der Waals surface area contributed by atoms with Gasteiger partial charge in [-0.2, -0.15) is 0 Å². The van der Waals surface area contributed by atoms with Gasteiger partial charge in [0.2, 0.25) is 15.9 Å². The van der Waals surface area contributed by atoms with E-state index >= 15 is 0 Å². The van der Waals surface area contributed by atoms with Gasteiger partial charge in [-0.3, -0.25) is 10.1 Å². The van der Waals surface area contributed by atoms with Crippen LogP contribution in [0.2, 0.25) is 5.02 Å². The summed E-state index contributed by atoms with van der Waals surface area (Å²) in [6.45, 7) is 3.66. The zero-order valence-corrected chi connectivity index (χ0v) is 15.4. The molecule has 0 fully saturated rings. The molecule has 8 heteroatoms. The minimum Gasteiger partial charge on any atom is -0.325 e. The number of anilines is 1. The Labute approximate surface area is 152 Å². The van der Waals surface area contributed by atoms with Crippen LogP contribution in [0.3, 0.4) is 0 Å². The fourth-order valence-electron chi connectivity index (χ4n) is 2.35. The quantitative estimate of drug-likeness (QED) is 0.715. The summed E-state index contributed by atoms with van der Waals surface area (Å²) < 4.78 is 22.5. The highest BCUT2D eigenvalue weighted by Gasteiger charge is 2.18. The van der Waals surface area contributed by atoms with Crippen molar-refractivity contribution < 1.29 is 13.2 Å². The molecule has 0 aliphatic carbocycles. The first-order chi connectivity index (χ1) is 11.7. The monoisotopic (exact) mass is 381 g/mol. The van der Waals surface area contributed by atoms with E-state index < -0.39 is 16.1 Å². The zero-order chi connectivity index (χ0) is 18.6. The lowest BCUT2D eigenvalue weighted by Crippen LogP contribution is -2.39. The van der Waals surface area contributed by atoms with Crippen LogP contribution in [0.25, 0.3) is 0 Å². The van der Waals surface area contributed by atoms with Gasteiger partial charge in [0.15, 0.2) is 0 Å². The van der Waals surface area contributed by atoms with Crippen LogP contribution in [-0.4, -0.2) is 20.4 Å². The number of rotatable bonds is 6. The lowest BCUT2D eigenvalue weighted by Gasteiger charge is -2.21. The fourth-order valence-corrected chi connectivity index (χ4v) is 3.16. The third kappa shape index (κ3) is 5.27. The highest BCUT2D eigenvalue weighted by Crippen LogP contribution is 2.22. The highest BCUT2D eigenvalue weighted by atomic mass is 35.5. The molecular weight excluding hydrogens is 362 g/mol. The first-order valence-corrected chi connectivity index (χ1v) is 9.55. The Bertz CT molecular complexity index is 854. The highest BCUT2D eigenvalue weighted by molar-refractivity contribution is 7.89. The molecule has 0 aromatic heterocycles. The molecular formula is C17H20ClN3O3S. The van der Waals surface area contributed by atoms with Crippen molar-refractivity contribution in [2.45, 2.75) is 30.8 Å². The Kier molecular flexibility index (Phi) is 6.18. The lowest BCUT2D eigenvalue weighted by atomic mass is 10.1. The number of carbonyl (C=O) groups is 1. The van der Waals surface area contributed by atoms with Gasteiger partial charge in [-0.25, -0.2) is 13.6 Å². The number of sulfonamides is 1. The standard InChI is InChI=1S/C17H20ClN3O3S/c1-11(15-5-3-4-6-16(15)18)20-12(2)17(22)21-13-7-9-14(10-8-13)25(19,23)24/h3-12,20H,1-2H3,(H,21,22)(H2,19,23,24)/t11-,12+/m1/s1. The van der Waals surface area contributed by atoms with Crippen LogP contribution in [0, 0.1) is 0 Å². The van der Waals surface area contributed by atoms with E-state index in [1.54, 1.807) is 13.0 Å². The Morgan fingerprint density at radius 2 is 1.68 bits per heavy atom. The van der Waals surface area contributed by atoms with Crippen LogP contribution in [0.4, 0.5) is 5.69 Å². The Morgan fingerprint density at radius 3 is 2.24 bits per heavy atom. The molecule has 0 unspecified atom stereocenters. The van der Waals surface area contributed by atoms with E-state index in [0.29, 0.717) is 10.7 Å². The average molecular weight is 382 g/mol. The number of nitrogens with one attached hydrogen (secondary N) is 2. The molecule has 2 atom stereocenters. The number of hydrogen-bond acceptors (Lipinski definition) is 4. The van der Waals surface area contributed by atoms with Crippen LogP contribution in [0.5, 0.6) is 0 Å². The minimum absolute atomic E-state index is 0.0102. The second-order valence-electron chi connectivity index (χ2n) is 5.69. The average Bonchev–Trinajstić information content (AvgIpc) is 2.54. The minimum atomic E-state index is -3.75. The first-order valence-electron chi connectivity index (χ1n) is 7.62. The van der Waals surface area contributed by atoms with Crippen LogP contribution in [0.15, 0.2) is 53.4 Å². The number of hydrogen-bond donors (Lipinski definition) is 3. The molecule has 0 bridgehead atoms. The summed E-state index contributed by atoms with van der Waals surface area (Å²) in [5, 5.41) is 11.6. The fraction of sp³-hybridized carbons (Fsp3) is 0.235. The van der Waals surface area contributed by atoms with Crippen molar-refractivity contribution in [2.75, 3.05) is 5.32 Å². The number of carbonyl (C=O) groups excluding carboxylic acids is 1. The molecule has 0 spiro atoms. The molecule has 2 aromatic carbocycles. The van der Waals surface area contributed by atoms with E-state index in [1.807, 2.05) is 25.1 Å². The molecule has 0 heterocycles. The zero-order valence-electron chi connectivity index (χ0n) is 13.9. The van der Waals surface area contributed by atoms with E-state index in [0.717, 1.165) is 5.56 Å².